The Labute approximate surface area is 121 Å². The van der Waals surface area contributed by atoms with E-state index in [9.17, 15) is 13.2 Å². The van der Waals surface area contributed by atoms with Gasteiger partial charge < -0.3 is 10.5 Å². The molecule has 0 spiro atoms. The Balaban J connectivity index is 2.60. The molecular weight excluding hydrogens is 313 g/mol. The standard InChI is InChI=1S/C11H13Cl2NO4S/c1-19(16,17)4-2-3-18-11(15)7-5-8(12)10(13)9(14)6-7/h5-6H,2-4,14H2,1H3. The molecule has 0 aromatic heterocycles. The first-order chi connectivity index (χ1) is 8.70. The largest absolute Gasteiger partial charge is 0.462 e. The van der Waals surface area contributed by atoms with E-state index in [0.717, 1.165) is 6.26 Å². The van der Waals surface area contributed by atoms with E-state index in [1.165, 1.54) is 12.1 Å². The summed E-state index contributed by atoms with van der Waals surface area (Å²) in [5, 5.41) is 0.333. The molecule has 5 nitrogen and oxygen atoms in total. The Morgan fingerprint density at radius 1 is 1.37 bits per heavy atom. The zero-order valence-electron chi connectivity index (χ0n) is 10.2. The maximum Gasteiger partial charge on any atom is 0.338 e. The number of carbonyl (C=O) groups is 1. The Morgan fingerprint density at radius 2 is 2.00 bits per heavy atom. The Bertz CT molecular complexity index is 563. The summed E-state index contributed by atoms with van der Waals surface area (Å²) in [5.74, 6) is -0.664. The molecule has 0 saturated heterocycles. The number of carbonyl (C=O) groups excluding carboxylic acids is 1. The molecular formula is C11H13Cl2NO4S. The maximum absolute atomic E-state index is 11.7. The van der Waals surface area contributed by atoms with E-state index in [2.05, 4.69) is 0 Å². The topological polar surface area (TPSA) is 86.5 Å². The van der Waals surface area contributed by atoms with Crippen LogP contribution in [0.15, 0.2) is 12.1 Å². The molecule has 19 heavy (non-hydrogen) atoms. The third-order valence-corrected chi connectivity index (χ3v) is 4.03. The van der Waals surface area contributed by atoms with E-state index in [0.29, 0.717) is 0 Å². The van der Waals surface area contributed by atoms with Crippen molar-refractivity contribution in [3.63, 3.8) is 0 Å². The van der Waals surface area contributed by atoms with Crippen LogP contribution in [0.3, 0.4) is 0 Å². The number of benzene rings is 1. The third kappa shape index (κ3) is 5.26. The summed E-state index contributed by atoms with van der Waals surface area (Å²) in [4.78, 5) is 11.7. The number of nitrogens with two attached hydrogens (primary N) is 1. The Kier molecular flexibility index (Phi) is 5.46. The summed E-state index contributed by atoms with van der Waals surface area (Å²) in [6, 6.07) is 2.70. The summed E-state index contributed by atoms with van der Waals surface area (Å²) in [5.41, 5.74) is 5.92. The quantitative estimate of drug-likeness (QED) is 0.509. The monoisotopic (exact) mass is 325 g/mol. The molecule has 0 aliphatic carbocycles. The van der Waals surface area contributed by atoms with Crippen LogP contribution in [0.5, 0.6) is 0 Å². The number of nitrogen functional groups attached to an aromatic ring is 1. The van der Waals surface area contributed by atoms with Gasteiger partial charge in [0.1, 0.15) is 9.84 Å². The van der Waals surface area contributed by atoms with Crippen LogP contribution in [0, 0.1) is 0 Å². The van der Waals surface area contributed by atoms with Crippen molar-refractivity contribution in [2.24, 2.45) is 0 Å². The predicted molar refractivity (Wildman–Crippen MR) is 75.5 cm³/mol. The average Bonchev–Trinajstić information content (AvgIpc) is 2.29. The highest BCUT2D eigenvalue weighted by Crippen LogP contribution is 2.29. The molecule has 0 fully saturated rings. The second-order valence-corrected chi connectivity index (χ2v) is 7.03. The molecule has 0 heterocycles. The van der Waals surface area contributed by atoms with Gasteiger partial charge in [-0.2, -0.15) is 0 Å². The van der Waals surface area contributed by atoms with Gasteiger partial charge in [0.25, 0.3) is 0 Å². The number of sulfone groups is 1. The van der Waals surface area contributed by atoms with Crippen LogP contribution in [0.4, 0.5) is 5.69 Å². The minimum atomic E-state index is -3.06. The summed E-state index contributed by atoms with van der Waals surface area (Å²) in [7, 11) is -3.06. The van der Waals surface area contributed by atoms with Gasteiger partial charge in [-0.05, 0) is 18.6 Å². The molecule has 2 N–H and O–H groups in total. The fraction of sp³-hybridized carbons (Fsp3) is 0.364. The van der Waals surface area contributed by atoms with Crippen molar-refractivity contribution >= 4 is 44.7 Å². The van der Waals surface area contributed by atoms with Crippen molar-refractivity contribution in [1.82, 2.24) is 0 Å². The van der Waals surface area contributed by atoms with E-state index in [4.69, 9.17) is 33.7 Å². The normalized spacial score (nSPS) is 11.3. The van der Waals surface area contributed by atoms with Crippen molar-refractivity contribution in [3.8, 4) is 0 Å². The van der Waals surface area contributed by atoms with Crippen LogP contribution in [0.2, 0.25) is 10.0 Å². The van der Waals surface area contributed by atoms with E-state index in [1.54, 1.807) is 0 Å². The van der Waals surface area contributed by atoms with E-state index in [-0.39, 0.29) is 40.1 Å². The number of hydrogen-bond donors (Lipinski definition) is 1. The molecule has 1 rings (SSSR count). The van der Waals surface area contributed by atoms with Gasteiger partial charge in [0.05, 0.1) is 33.7 Å². The SMILES string of the molecule is CS(=O)(=O)CCCOC(=O)c1cc(N)c(Cl)c(Cl)c1. The lowest BCUT2D eigenvalue weighted by atomic mass is 10.2. The Morgan fingerprint density at radius 3 is 2.53 bits per heavy atom. The molecule has 0 aliphatic rings. The molecule has 0 atom stereocenters. The molecule has 1 aromatic rings. The predicted octanol–water partition coefficient (Wildman–Crippen LogP) is 2.17. The first-order valence-electron chi connectivity index (χ1n) is 5.30. The van der Waals surface area contributed by atoms with Crippen LogP contribution in [-0.2, 0) is 14.6 Å². The zero-order chi connectivity index (χ0) is 14.6. The highest BCUT2D eigenvalue weighted by atomic mass is 35.5. The average molecular weight is 326 g/mol. The van der Waals surface area contributed by atoms with Crippen LogP contribution < -0.4 is 5.73 Å². The van der Waals surface area contributed by atoms with Crippen molar-refractivity contribution < 1.29 is 17.9 Å². The molecule has 0 unspecified atom stereocenters. The molecule has 0 bridgehead atoms. The van der Waals surface area contributed by atoms with Gasteiger partial charge in [0.15, 0.2) is 0 Å². The first kappa shape index (κ1) is 16.1. The maximum atomic E-state index is 11.7. The number of hydrogen-bond acceptors (Lipinski definition) is 5. The molecule has 0 aliphatic heterocycles. The lowest BCUT2D eigenvalue weighted by Crippen LogP contribution is -2.11. The van der Waals surface area contributed by atoms with Gasteiger partial charge in [0.2, 0.25) is 0 Å². The fourth-order valence-corrected chi connectivity index (χ4v) is 2.28. The number of rotatable bonds is 5. The second kappa shape index (κ2) is 6.45. The number of anilines is 1. The van der Waals surface area contributed by atoms with Gasteiger partial charge in [-0.3, -0.25) is 0 Å². The van der Waals surface area contributed by atoms with Gasteiger partial charge in [-0.15, -0.1) is 0 Å². The lowest BCUT2D eigenvalue weighted by molar-refractivity contribution is 0.0506. The summed E-state index contributed by atoms with van der Waals surface area (Å²) in [6.07, 6.45) is 1.36. The van der Waals surface area contributed by atoms with Crippen LogP contribution in [0.1, 0.15) is 16.8 Å². The van der Waals surface area contributed by atoms with E-state index >= 15 is 0 Å². The fourth-order valence-electron chi connectivity index (χ4n) is 1.30. The highest BCUT2D eigenvalue weighted by molar-refractivity contribution is 7.90. The van der Waals surface area contributed by atoms with Crippen molar-refractivity contribution in [1.29, 1.82) is 0 Å². The summed E-state index contributed by atoms with van der Waals surface area (Å²) in [6.45, 7) is 0.00601. The molecule has 106 valence electrons. The summed E-state index contributed by atoms with van der Waals surface area (Å²) < 4.78 is 26.7. The minimum absolute atomic E-state index is 0.00601. The third-order valence-electron chi connectivity index (χ3n) is 2.18. The van der Waals surface area contributed by atoms with Gasteiger partial charge in [-0.25, -0.2) is 13.2 Å². The van der Waals surface area contributed by atoms with Gasteiger partial charge in [0, 0.05) is 6.26 Å². The van der Waals surface area contributed by atoms with Gasteiger partial charge >= 0.3 is 5.97 Å². The number of ether oxygens (including phenoxy) is 1. The lowest BCUT2D eigenvalue weighted by Gasteiger charge is -2.07. The molecule has 8 heteroatoms. The Hall–Kier alpha value is -0.980. The summed E-state index contributed by atoms with van der Waals surface area (Å²) >= 11 is 11.5. The molecule has 1 aromatic carbocycles. The zero-order valence-corrected chi connectivity index (χ0v) is 12.5. The van der Waals surface area contributed by atoms with E-state index < -0.39 is 15.8 Å². The van der Waals surface area contributed by atoms with Crippen LogP contribution in [0.25, 0.3) is 0 Å². The van der Waals surface area contributed by atoms with Gasteiger partial charge in [-0.1, -0.05) is 23.2 Å². The number of halogens is 2. The second-order valence-electron chi connectivity index (χ2n) is 3.98. The van der Waals surface area contributed by atoms with Crippen LogP contribution >= 0.6 is 23.2 Å². The smallest absolute Gasteiger partial charge is 0.338 e. The molecule has 0 saturated carbocycles. The van der Waals surface area contributed by atoms with E-state index in [1.807, 2.05) is 0 Å². The highest BCUT2D eigenvalue weighted by Gasteiger charge is 2.12. The van der Waals surface area contributed by atoms with Crippen LogP contribution in [-0.4, -0.2) is 33.0 Å². The molecule has 0 radical (unpaired) electrons. The number of esters is 1. The molecule has 0 amide bonds. The van der Waals surface area contributed by atoms with Crippen molar-refractivity contribution in [3.05, 3.63) is 27.7 Å². The first-order valence-corrected chi connectivity index (χ1v) is 8.11. The minimum Gasteiger partial charge on any atom is -0.462 e. The van der Waals surface area contributed by atoms with Crippen molar-refractivity contribution in [2.75, 3.05) is 24.3 Å². The van der Waals surface area contributed by atoms with Crippen molar-refractivity contribution in [2.45, 2.75) is 6.42 Å².